The van der Waals surface area contributed by atoms with Gasteiger partial charge < -0.3 is 10.2 Å². The van der Waals surface area contributed by atoms with E-state index in [0.29, 0.717) is 5.75 Å². The molecule has 1 fully saturated rings. The molecule has 0 saturated carbocycles. The van der Waals surface area contributed by atoms with Crippen LogP contribution in [0.4, 0.5) is 0 Å². The van der Waals surface area contributed by atoms with Gasteiger partial charge in [0.1, 0.15) is 0 Å². The first-order chi connectivity index (χ1) is 10.7. The number of hydrogen-bond donors (Lipinski definition) is 1. The molecule has 0 radical (unpaired) electrons. The fourth-order valence-electron chi connectivity index (χ4n) is 2.74. The Morgan fingerprint density at radius 3 is 2.91 bits per heavy atom. The number of rotatable bonds is 8. The van der Waals surface area contributed by atoms with Gasteiger partial charge >= 0.3 is 0 Å². The average molecular weight is 321 g/mol. The Labute approximate surface area is 138 Å². The number of aryl methyl sites for hydroxylation is 1. The number of pyridine rings is 1. The van der Waals surface area contributed by atoms with Crippen molar-refractivity contribution in [3.8, 4) is 0 Å². The molecule has 1 aliphatic heterocycles. The number of carbonyl (C=O) groups excluding carboxylic acids is 1. The van der Waals surface area contributed by atoms with E-state index >= 15 is 0 Å². The van der Waals surface area contributed by atoms with Gasteiger partial charge in [0.25, 0.3) is 0 Å². The number of amides is 1. The van der Waals surface area contributed by atoms with Gasteiger partial charge in [-0.15, -0.1) is 0 Å². The van der Waals surface area contributed by atoms with E-state index in [0.717, 1.165) is 24.4 Å². The minimum absolute atomic E-state index is 0.0200. The smallest absolute Gasteiger partial charge is 0.230 e. The van der Waals surface area contributed by atoms with Crippen LogP contribution in [0, 0.1) is 6.92 Å². The molecule has 1 atom stereocenters. The molecule has 2 rings (SSSR count). The van der Waals surface area contributed by atoms with Crippen molar-refractivity contribution in [2.75, 3.05) is 31.1 Å². The molecule has 0 aliphatic carbocycles. The first-order valence-electron chi connectivity index (χ1n) is 8.21. The summed E-state index contributed by atoms with van der Waals surface area (Å²) < 4.78 is 0. The lowest BCUT2D eigenvalue weighted by atomic mass is 10.1. The Morgan fingerprint density at radius 1 is 1.45 bits per heavy atom. The van der Waals surface area contributed by atoms with Crippen LogP contribution in [0.15, 0.2) is 18.3 Å². The number of nitrogens with one attached hydrogen (secondary N) is 1. The number of nitrogens with zero attached hydrogens (tertiary/aromatic N) is 2. The summed E-state index contributed by atoms with van der Waals surface area (Å²) in [5, 5.41) is 3.10. The van der Waals surface area contributed by atoms with E-state index in [1.807, 2.05) is 19.2 Å². The molecule has 0 aromatic carbocycles. The van der Waals surface area contributed by atoms with Crippen LogP contribution in [-0.2, 0) is 4.79 Å². The molecule has 122 valence electrons. The maximum atomic E-state index is 12.1. The zero-order valence-corrected chi connectivity index (χ0v) is 14.5. The second-order valence-electron chi connectivity index (χ2n) is 5.89. The normalized spacial score (nSPS) is 16.6. The van der Waals surface area contributed by atoms with Gasteiger partial charge in [-0.3, -0.25) is 9.78 Å². The minimum Gasteiger partial charge on any atom is -0.347 e. The molecule has 1 amide bonds. The van der Waals surface area contributed by atoms with Crippen molar-refractivity contribution in [2.45, 2.75) is 39.2 Å². The third-order valence-electron chi connectivity index (χ3n) is 4.02. The molecule has 1 N–H and O–H groups in total. The van der Waals surface area contributed by atoms with Crippen LogP contribution >= 0.6 is 11.8 Å². The molecule has 1 aromatic heterocycles. The number of thioether (sulfide) groups is 1. The minimum atomic E-state index is 0.0200. The molecule has 4 nitrogen and oxygen atoms in total. The highest BCUT2D eigenvalue weighted by Gasteiger charge is 2.15. The van der Waals surface area contributed by atoms with Crippen LogP contribution in [0.3, 0.4) is 0 Å². The van der Waals surface area contributed by atoms with E-state index in [9.17, 15) is 4.79 Å². The van der Waals surface area contributed by atoms with Gasteiger partial charge in [0.15, 0.2) is 0 Å². The van der Waals surface area contributed by atoms with E-state index in [1.54, 1.807) is 11.8 Å². The molecule has 2 heterocycles. The Hall–Kier alpha value is -1.07. The third-order valence-corrected chi connectivity index (χ3v) is 4.96. The fraction of sp³-hybridized carbons (Fsp3) is 0.647. The largest absolute Gasteiger partial charge is 0.347 e. The standard InChI is InChI=1S/C17H27N3OS/c1-3-15(16-12-14(2)6-7-18-16)19-17(21)13-22-11-10-20-8-4-5-9-20/h6-7,12,15H,3-5,8-11,13H2,1-2H3,(H,19,21). The molecule has 1 saturated heterocycles. The van der Waals surface area contributed by atoms with E-state index in [2.05, 4.69) is 28.2 Å². The van der Waals surface area contributed by atoms with Crippen molar-refractivity contribution >= 4 is 17.7 Å². The first kappa shape index (κ1) is 17.3. The summed E-state index contributed by atoms with van der Waals surface area (Å²) in [5.74, 6) is 1.69. The average Bonchev–Trinajstić information content (AvgIpc) is 3.02. The number of aromatic nitrogens is 1. The van der Waals surface area contributed by atoms with Crippen LogP contribution in [0.5, 0.6) is 0 Å². The third kappa shape index (κ3) is 5.61. The predicted molar refractivity (Wildman–Crippen MR) is 93.1 cm³/mol. The Morgan fingerprint density at radius 2 is 2.23 bits per heavy atom. The summed E-state index contributed by atoms with van der Waals surface area (Å²) in [6, 6.07) is 4.05. The zero-order valence-electron chi connectivity index (χ0n) is 13.7. The van der Waals surface area contributed by atoms with Crippen molar-refractivity contribution in [2.24, 2.45) is 0 Å². The maximum absolute atomic E-state index is 12.1. The van der Waals surface area contributed by atoms with Crippen molar-refractivity contribution < 1.29 is 4.79 Å². The lowest BCUT2D eigenvalue weighted by molar-refractivity contribution is -0.119. The first-order valence-corrected chi connectivity index (χ1v) is 9.36. The summed E-state index contributed by atoms with van der Waals surface area (Å²) in [5.41, 5.74) is 2.13. The second kappa shape index (κ2) is 9.16. The molecule has 0 spiro atoms. The number of hydrogen-bond acceptors (Lipinski definition) is 4. The molecular formula is C17H27N3OS. The van der Waals surface area contributed by atoms with Gasteiger partial charge in [-0.05, 0) is 57.0 Å². The number of carbonyl (C=O) groups is 1. The van der Waals surface area contributed by atoms with E-state index in [4.69, 9.17) is 0 Å². The van der Waals surface area contributed by atoms with Crippen LogP contribution in [0.25, 0.3) is 0 Å². The monoisotopic (exact) mass is 321 g/mol. The summed E-state index contributed by atoms with van der Waals surface area (Å²) in [4.78, 5) is 19.0. The molecule has 0 bridgehead atoms. The highest BCUT2D eigenvalue weighted by molar-refractivity contribution is 7.99. The molecule has 1 aliphatic rings. The van der Waals surface area contributed by atoms with Gasteiger partial charge in [0.05, 0.1) is 17.5 Å². The van der Waals surface area contributed by atoms with Crippen LogP contribution in [0.1, 0.15) is 43.5 Å². The number of likely N-dealkylation sites (tertiary alicyclic amines) is 1. The Kier molecular flexibility index (Phi) is 7.19. The van der Waals surface area contributed by atoms with E-state index < -0.39 is 0 Å². The van der Waals surface area contributed by atoms with Crippen LogP contribution in [0.2, 0.25) is 0 Å². The van der Waals surface area contributed by atoms with Crippen LogP contribution in [-0.4, -0.2) is 46.9 Å². The summed E-state index contributed by atoms with van der Waals surface area (Å²) in [6.07, 6.45) is 5.32. The Bertz CT molecular complexity index is 475. The van der Waals surface area contributed by atoms with E-state index in [-0.39, 0.29) is 11.9 Å². The van der Waals surface area contributed by atoms with Crippen LogP contribution < -0.4 is 5.32 Å². The molecule has 1 unspecified atom stereocenters. The summed E-state index contributed by atoms with van der Waals surface area (Å²) >= 11 is 1.72. The van der Waals surface area contributed by atoms with Crippen molar-refractivity contribution in [3.05, 3.63) is 29.6 Å². The highest BCUT2D eigenvalue weighted by Crippen LogP contribution is 2.15. The van der Waals surface area contributed by atoms with Crippen molar-refractivity contribution in [1.82, 2.24) is 15.2 Å². The maximum Gasteiger partial charge on any atom is 0.230 e. The predicted octanol–water partition coefficient (Wildman–Crippen LogP) is 2.79. The van der Waals surface area contributed by atoms with Gasteiger partial charge in [0, 0.05) is 18.5 Å². The molecule has 5 heteroatoms. The van der Waals surface area contributed by atoms with Gasteiger partial charge in [-0.2, -0.15) is 11.8 Å². The van der Waals surface area contributed by atoms with Gasteiger partial charge in [0.2, 0.25) is 5.91 Å². The summed E-state index contributed by atoms with van der Waals surface area (Å²) in [6.45, 7) is 7.69. The molecular weight excluding hydrogens is 294 g/mol. The van der Waals surface area contributed by atoms with Gasteiger partial charge in [-0.1, -0.05) is 6.92 Å². The lowest BCUT2D eigenvalue weighted by Gasteiger charge is -2.17. The molecule has 22 heavy (non-hydrogen) atoms. The summed E-state index contributed by atoms with van der Waals surface area (Å²) in [7, 11) is 0. The molecule has 1 aromatic rings. The fourth-order valence-corrected chi connectivity index (χ4v) is 3.54. The lowest BCUT2D eigenvalue weighted by Crippen LogP contribution is -2.30. The Balaban J connectivity index is 1.70. The van der Waals surface area contributed by atoms with E-state index in [1.165, 1.54) is 31.5 Å². The van der Waals surface area contributed by atoms with Crippen molar-refractivity contribution in [1.29, 1.82) is 0 Å². The zero-order chi connectivity index (χ0) is 15.8. The topological polar surface area (TPSA) is 45.2 Å². The van der Waals surface area contributed by atoms with Gasteiger partial charge in [-0.25, -0.2) is 0 Å². The highest BCUT2D eigenvalue weighted by atomic mass is 32.2. The SMILES string of the molecule is CCC(NC(=O)CSCCN1CCCC1)c1cc(C)ccn1. The second-order valence-corrected chi connectivity index (χ2v) is 6.99. The quantitative estimate of drug-likeness (QED) is 0.748. The van der Waals surface area contributed by atoms with Crippen molar-refractivity contribution in [3.63, 3.8) is 0 Å².